The number of thiocarbonyl (C=S) groups is 2. The van der Waals surface area contributed by atoms with Crippen molar-refractivity contribution >= 4 is 40.5 Å². The normalized spacial score (nSPS) is 15.2. The van der Waals surface area contributed by atoms with Crippen LogP contribution < -0.4 is 5.32 Å². The lowest BCUT2D eigenvalue weighted by Crippen LogP contribution is -2.44. The molecule has 0 atom stereocenters. The summed E-state index contributed by atoms with van der Waals surface area (Å²) in [6.45, 7) is 1.98. The van der Waals surface area contributed by atoms with Crippen LogP contribution in [0.1, 0.15) is 32.1 Å². The summed E-state index contributed by atoms with van der Waals surface area (Å²) >= 11 is 10.4. The number of nitrogens with one attached hydrogen (secondary N) is 1. The van der Waals surface area contributed by atoms with Crippen molar-refractivity contribution in [3.63, 3.8) is 0 Å². The zero-order chi connectivity index (χ0) is 12.7. The van der Waals surface area contributed by atoms with E-state index in [2.05, 4.69) is 15.0 Å². The van der Waals surface area contributed by atoms with Crippen LogP contribution in [0.25, 0.3) is 0 Å². The second kappa shape index (κ2) is 7.55. The van der Waals surface area contributed by atoms with Crippen LogP contribution >= 0.6 is 24.4 Å². The number of hydrogen-bond acceptors (Lipinski definition) is 4. The molecule has 1 saturated heterocycles. The highest BCUT2D eigenvalue weighted by atomic mass is 32.1. The highest BCUT2D eigenvalue weighted by Gasteiger charge is 2.14. The van der Waals surface area contributed by atoms with Gasteiger partial charge in [-0.25, -0.2) is 0 Å². The molecule has 0 spiro atoms. The lowest BCUT2D eigenvalue weighted by atomic mass is 10.1. The Balaban J connectivity index is 2.25. The van der Waals surface area contributed by atoms with Crippen molar-refractivity contribution in [3.8, 4) is 0 Å². The van der Waals surface area contributed by atoms with Gasteiger partial charge in [0.05, 0.1) is 18.5 Å². The first-order chi connectivity index (χ1) is 8.13. The topological polar surface area (TPSA) is 41.6 Å². The summed E-state index contributed by atoms with van der Waals surface area (Å²) in [5.74, 6) is -0.252. The van der Waals surface area contributed by atoms with Gasteiger partial charge in [-0.1, -0.05) is 12.2 Å². The Morgan fingerprint density at radius 1 is 1.24 bits per heavy atom. The van der Waals surface area contributed by atoms with Crippen molar-refractivity contribution in [3.05, 3.63) is 0 Å². The van der Waals surface area contributed by atoms with E-state index in [-0.39, 0.29) is 5.97 Å². The predicted octanol–water partition coefficient (Wildman–Crippen LogP) is 1.63. The molecule has 0 aromatic heterocycles. The van der Waals surface area contributed by atoms with Crippen LogP contribution in [-0.2, 0) is 9.53 Å². The lowest BCUT2D eigenvalue weighted by molar-refractivity contribution is -0.140. The van der Waals surface area contributed by atoms with E-state index in [1.807, 2.05) is 0 Å². The van der Waals surface area contributed by atoms with Crippen molar-refractivity contribution in [1.29, 1.82) is 0 Å². The second-order valence-corrected chi connectivity index (χ2v) is 4.86. The van der Waals surface area contributed by atoms with E-state index in [0.717, 1.165) is 13.1 Å². The highest BCUT2D eigenvalue weighted by Crippen LogP contribution is 2.08. The molecule has 1 aliphatic rings. The molecule has 0 saturated carbocycles. The lowest BCUT2D eigenvalue weighted by Gasteiger charge is -2.29. The first kappa shape index (κ1) is 14.3. The smallest absolute Gasteiger partial charge is 0.305 e. The predicted molar refractivity (Wildman–Crippen MR) is 75.0 cm³/mol. The van der Waals surface area contributed by atoms with Crippen molar-refractivity contribution in [1.82, 2.24) is 10.2 Å². The monoisotopic (exact) mass is 274 g/mol. The van der Waals surface area contributed by atoms with Gasteiger partial charge in [-0.15, -0.1) is 0 Å². The van der Waals surface area contributed by atoms with E-state index in [4.69, 9.17) is 24.4 Å². The minimum atomic E-state index is -0.252. The Bertz CT molecular complexity index is 302. The van der Waals surface area contributed by atoms with Crippen LogP contribution in [0.2, 0.25) is 0 Å². The molecule has 0 amide bonds. The molecule has 0 aromatic carbocycles. The van der Waals surface area contributed by atoms with Gasteiger partial charge < -0.3 is 15.0 Å². The molecule has 17 heavy (non-hydrogen) atoms. The van der Waals surface area contributed by atoms with Crippen molar-refractivity contribution in [2.75, 3.05) is 20.2 Å². The summed E-state index contributed by atoms with van der Waals surface area (Å²) in [5.41, 5.74) is 0. The van der Waals surface area contributed by atoms with E-state index in [1.54, 1.807) is 0 Å². The minimum absolute atomic E-state index is 0.252. The molecule has 1 fully saturated rings. The Kier molecular flexibility index (Phi) is 6.36. The van der Waals surface area contributed by atoms with Crippen molar-refractivity contribution in [2.45, 2.75) is 32.1 Å². The third kappa shape index (κ3) is 5.41. The number of ether oxygens (including phenoxy) is 1. The standard InChI is InChI=1S/C11H18N2O2S2/c1-15-10(14)6-5-9(16)12-11(17)13-7-3-2-4-8-13/h2-8H2,1H3,(H,12,16,17). The molecule has 0 aromatic rings. The molecule has 1 N–H and O–H groups in total. The molecular formula is C11H18N2O2S2. The third-order valence-corrected chi connectivity index (χ3v) is 3.34. The average molecular weight is 274 g/mol. The van der Waals surface area contributed by atoms with E-state index < -0.39 is 0 Å². The summed E-state index contributed by atoms with van der Waals surface area (Å²) in [6, 6.07) is 0. The summed E-state index contributed by atoms with van der Waals surface area (Å²) in [4.78, 5) is 13.7. The molecule has 6 heteroatoms. The zero-order valence-electron chi connectivity index (χ0n) is 10.0. The first-order valence-electron chi connectivity index (χ1n) is 5.79. The maximum Gasteiger partial charge on any atom is 0.305 e. The molecule has 1 aliphatic heterocycles. The molecule has 4 nitrogen and oxygen atoms in total. The van der Waals surface area contributed by atoms with Gasteiger partial charge in [-0.05, 0) is 31.5 Å². The molecule has 0 radical (unpaired) electrons. The summed E-state index contributed by atoms with van der Waals surface area (Å²) in [6.07, 6.45) is 4.40. The fourth-order valence-corrected chi connectivity index (χ4v) is 2.24. The van der Waals surface area contributed by atoms with Gasteiger partial charge in [0.15, 0.2) is 5.11 Å². The average Bonchev–Trinajstić information content (AvgIpc) is 2.36. The minimum Gasteiger partial charge on any atom is -0.469 e. The third-order valence-electron chi connectivity index (χ3n) is 2.67. The van der Waals surface area contributed by atoms with Crippen molar-refractivity contribution in [2.24, 2.45) is 0 Å². The van der Waals surface area contributed by atoms with Crippen LogP contribution in [0.4, 0.5) is 0 Å². The van der Waals surface area contributed by atoms with Gasteiger partial charge in [-0.3, -0.25) is 4.79 Å². The van der Waals surface area contributed by atoms with Crippen LogP contribution in [-0.4, -0.2) is 41.2 Å². The van der Waals surface area contributed by atoms with Gasteiger partial charge in [0.2, 0.25) is 0 Å². The van der Waals surface area contributed by atoms with Gasteiger partial charge in [0.1, 0.15) is 0 Å². The van der Waals surface area contributed by atoms with E-state index >= 15 is 0 Å². The number of rotatable bonds is 3. The van der Waals surface area contributed by atoms with Crippen LogP contribution in [0, 0.1) is 0 Å². The highest BCUT2D eigenvalue weighted by molar-refractivity contribution is 7.81. The van der Waals surface area contributed by atoms with Gasteiger partial charge in [0, 0.05) is 19.5 Å². The SMILES string of the molecule is COC(=O)CCC(=S)NC(=S)N1CCCCC1. The van der Waals surface area contributed by atoms with Crippen molar-refractivity contribution < 1.29 is 9.53 Å². The second-order valence-electron chi connectivity index (χ2n) is 3.98. The maximum absolute atomic E-state index is 11.0. The number of piperidine rings is 1. The van der Waals surface area contributed by atoms with E-state index in [9.17, 15) is 4.79 Å². The molecule has 0 unspecified atom stereocenters. The Labute approximate surface area is 113 Å². The number of likely N-dealkylation sites (tertiary alicyclic amines) is 1. The molecular weight excluding hydrogens is 256 g/mol. The van der Waals surface area contributed by atoms with Crippen LogP contribution in [0.15, 0.2) is 0 Å². The number of methoxy groups -OCH3 is 1. The number of carbonyl (C=O) groups excluding carboxylic acids is 1. The molecule has 0 aliphatic carbocycles. The summed E-state index contributed by atoms with van der Waals surface area (Å²) in [7, 11) is 1.37. The Morgan fingerprint density at radius 2 is 1.88 bits per heavy atom. The number of esters is 1. The first-order valence-corrected chi connectivity index (χ1v) is 6.60. The summed E-state index contributed by atoms with van der Waals surface area (Å²) < 4.78 is 4.55. The Hall–Kier alpha value is -0.750. The largest absolute Gasteiger partial charge is 0.469 e. The van der Waals surface area contributed by atoms with Gasteiger partial charge in [-0.2, -0.15) is 0 Å². The molecule has 96 valence electrons. The number of nitrogens with zero attached hydrogens (tertiary/aromatic N) is 1. The van der Waals surface area contributed by atoms with E-state index in [0.29, 0.717) is 22.9 Å². The maximum atomic E-state index is 11.0. The summed E-state index contributed by atoms with van der Waals surface area (Å²) in [5, 5.41) is 3.69. The number of carbonyl (C=O) groups is 1. The molecule has 0 bridgehead atoms. The Morgan fingerprint density at radius 3 is 2.47 bits per heavy atom. The van der Waals surface area contributed by atoms with Gasteiger partial charge >= 0.3 is 5.97 Å². The number of hydrogen-bond donors (Lipinski definition) is 1. The molecule has 1 rings (SSSR count). The fraction of sp³-hybridized carbons (Fsp3) is 0.727. The quantitative estimate of drug-likeness (QED) is 0.623. The van der Waals surface area contributed by atoms with Gasteiger partial charge in [0.25, 0.3) is 0 Å². The fourth-order valence-electron chi connectivity index (χ4n) is 1.68. The molecule has 1 heterocycles. The van der Waals surface area contributed by atoms with E-state index in [1.165, 1.54) is 26.4 Å². The zero-order valence-corrected chi connectivity index (χ0v) is 11.7. The van der Waals surface area contributed by atoms with Crippen LogP contribution in [0.3, 0.4) is 0 Å². The van der Waals surface area contributed by atoms with Crippen LogP contribution in [0.5, 0.6) is 0 Å².